The van der Waals surface area contributed by atoms with Crippen LogP contribution in [0.5, 0.6) is 0 Å². The molecule has 0 atom stereocenters. The van der Waals surface area contributed by atoms with E-state index in [2.05, 4.69) is 0 Å². The molecule has 0 N–H and O–H groups in total. The van der Waals surface area contributed by atoms with Crippen LogP contribution in [-0.4, -0.2) is 31.1 Å². The van der Waals surface area contributed by atoms with E-state index in [4.69, 9.17) is 23.2 Å². The number of halogens is 5. The summed E-state index contributed by atoms with van der Waals surface area (Å²) in [7, 11) is 0. The highest BCUT2D eigenvalue weighted by Gasteiger charge is 2.22. The Hall–Kier alpha value is -0.940. The lowest BCUT2D eigenvalue weighted by Gasteiger charge is -2.24. The second-order valence-electron chi connectivity index (χ2n) is 3.41. The normalized spacial score (nSPS) is 10.5. The first-order chi connectivity index (χ1) is 8.56. The molecule has 1 aromatic carbocycles. The lowest BCUT2D eigenvalue weighted by atomic mass is 10.1. The van der Waals surface area contributed by atoms with Gasteiger partial charge in [-0.1, -0.05) is 0 Å². The molecule has 0 bridgehead atoms. The number of nitrogens with zero attached hydrogens (tertiary/aromatic N) is 1. The van der Waals surface area contributed by atoms with Gasteiger partial charge in [-0.2, -0.15) is 0 Å². The summed E-state index contributed by atoms with van der Waals surface area (Å²) < 4.78 is 40.8. The van der Waals surface area contributed by atoms with Gasteiger partial charge in [0.25, 0.3) is 0 Å². The van der Waals surface area contributed by atoms with Crippen LogP contribution in [0.2, 0.25) is 0 Å². The molecule has 0 amide bonds. The predicted molar refractivity (Wildman–Crippen MR) is 65.4 cm³/mol. The fourth-order valence-electron chi connectivity index (χ4n) is 1.52. The van der Waals surface area contributed by atoms with Crippen LogP contribution in [0.15, 0.2) is 6.07 Å². The third-order valence-corrected chi connectivity index (χ3v) is 2.65. The second-order valence-corrected chi connectivity index (χ2v) is 4.16. The molecule has 7 heteroatoms. The van der Waals surface area contributed by atoms with Crippen LogP contribution >= 0.6 is 23.2 Å². The minimum absolute atomic E-state index is 0.0543. The zero-order valence-corrected chi connectivity index (χ0v) is 10.7. The maximum atomic E-state index is 13.7. The molecule has 0 aliphatic carbocycles. The van der Waals surface area contributed by atoms with E-state index in [-0.39, 0.29) is 31.1 Å². The van der Waals surface area contributed by atoms with Gasteiger partial charge in [-0.25, -0.2) is 13.2 Å². The molecule has 1 aromatic rings. The zero-order chi connectivity index (χ0) is 13.7. The molecule has 0 aromatic heterocycles. The third-order valence-electron chi connectivity index (χ3n) is 2.31. The van der Waals surface area contributed by atoms with Crippen LogP contribution in [0.4, 0.5) is 18.9 Å². The Morgan fingerprint density at radius 1 is 1.11 bits per heavy atom. The van der Waals surface area contributed by atoms with Gasteiger partial charge in [-0.15, -0.1) is 23.2 Å². The van der Waals surface area contributed by atoms with Crippen molar-refractivity contribution in [2.24, 2.45) is 0 Å². The fourth-order valence-corrected chi connectivity index (χ4v) is 1.93. The van der Waals surface area contributed by atoms with Crippen molar-refractivity contribution in [2.45, 2.75) is 0 Å². The van der Waals surface area contributed by atoms with E-state index in [0.29, 0.717) is 6.07 Å². The number of carbonyl (C=O) groups excluding carboxylic acids is 1. The Bertz CT molecular complexity index is 437. The number of hydrogen-bond acceptors (Lipinski definition) is 2. The average Bonchev–Trinajstić information content (AvgIpc) is 2.34. The number of carbonyl (C=O) groups is 1. The highest BCUT2D eigenvalue weighted by molar-refractivity contribution is 6.18. The van der Waals surface area contributed by atoms with Gasteiger partial charge >= 0.3 is 0 Å². The highest BCUT2D eigenvalue weighted by Crippen LogP contribution is 2.27. The van der Waals surface area contributed by atoms with Gasteiger partial charge in [0.05, 0.1) is 5.56 Å². The number of benzene rings is 1. The van der Waals surface area contributed by atoms with Crippen molar-refractivity contribution in [2.75, 3.05) is 29.7 Å². The third kappa shape index (κ3) is 3.09. The van der Waals surface area contributed by atoms with E-state index in [0.717, 1.165) is 0 Å². The van der Waals surface area contributed by atoms with Crippen molar-refractivity contribution in [1.82, 2.24) is 0 Å². The lowest BCUT2D eigenvalue weighted by Crippen LogP contribution is -2.30. The first-order valence-electron chi connectivity index (χ1n) is 5.06. The average molecular weight is 300 g/mol. The number of aldehydes is 1. The first-order valence-corrected chi connectivity index (χ1v) is 6.13. The first kappa shape index (κ1) is 15.1. The van der Waals surface area contributed by atoms with Crippen molar-refractivity contribution in [3.05, 3.63) is 29.1 Å². The summed E-state index contributed by atoms with van der Waals surface area (Å²) >= 11 is 11.0. The Morgan fingerprint density at radius 3 is 2.11 bits per heavy atom. The monoisotopic (exact) mass is 299 g/mol. The van der Waals surface area contributed by atoms with Gasteiger partial charge in [0.15, 0.2) is 17.9 Å². The van der Waals surface area contributed by atoms with Gasteiger partial charge in [-0.05, 0) is 6.07 Å². The molecule has 0 saturated heterocycles. The molecule has 100 valence electrons. The minimum atomic E-state index is -1.41. The summed E-state index contributed by atoms with van der Waals surface area (Å²) in [6.07, 6.45) is 0.0543. The molecule has 0 heterocycles. The maximum absolute atomic E-state index is 13.7. The maximum Gasteiger partial charge on any atom is 0.185 e. The molecular weight excluding hydrogens is 290 g/mol. The predicted octanol–water partition coefficient (Wildman–Crippen LogP) is 3.20. The fraction of sp³-hybridized carbons (Fsp3) is 0.364. The zero-order valence-electron chi connectivity index (χ0n) is 9.23. The molecule has 0 radical (unpaired) electrons. The number of anilines is 1. The van der Waals surface area contributed by atoms with Gasteiger partial charge in [0, 0.05) is 24.8 Å². The largest absolute Gasteiger partial charge is 0.364 e. The Kier molecular flexibility index (Phi) is 5.75. The van der Waals surface area contributed by atoms with Crippen LogP contribution in [0, 0.1) is 17.5 Å². The van der Waals surface area contributed by atoms with Crippen molar-refractivity contribution >= 4 is 35.2 Å². The van der Waals surface area contributed by atoms with Crippen molar-refractivity contribution in [1.29, 1.82) is 0 Å². The van der Waals surface area contributed by atoms with Crippen molar-refractivity contribution in [3.8, 4) is 0 Å². The SMILES string of the molecule is O=Cc1cc(F)c(N(CCCl)CCCl)c(F)c1F. The van der Waals surface area contributed by atoms with Gasteiger partial charge in [0.2, 0.25) is 0 Å². The minimum Gasteiger partial charge on any atom is -0.364 e. The molecule has 0 saturated carbocycles. The summed E-state index contributed by atoms with van der Waals surface area (Å²) in [6.45, 7) is 0.226. The number of alkyl halides is 2. The van der Waals surface area contributed by atoms with E-state index in [1.807, 2.05) is 0 Å². The summed E-state index contributed by atoms with van der Waals surface area (Å²) in [4.78, 5) is 11.6. The molecule has 2 nitrogen and oxygen atoms in total. The second kappa shape index (κ2) is 6.85. The number of rotatable bonds is 6. The smallest absolute Gasteiger partial charge is 0.185 e. The van der Waals surface area contributed by atoms with E-state index in [1.165, 1.54) is 4.90 Å². The van der Waals surface area contributed by atoms with Crippen molar-refractivity contribution < 1.29 is 18.0 Å². The van der Waals surface area contributed by atoms with E-state index in [9.17, 15) is 18.0 Å². The molecule has 0 aliphatic rings. The van der Waals surface area contributed by atoms with Gasteiger partial charge in [-0.3, -0.25) is 4.79 Å². The Morgan fingerprint density at radius 2 is 1.67 bits per heavy atom. The molecule has 1 rings (SSSR count). The van der Waals surface area contributed by atoms with Gasteiger partial charge in [0.1, 0.15) is 11.5 Å². The van der Waals surface area contributed by atoms with E-state index < -0.39 is 28.7 Å². The summed E-state index contributed by atoms with van der Waals surface area (Å²) in [5.74, 6) is -3.60. The van der Waals surface area contributed by atoms with Crippen LogP contribution in [-0.2, 0) is 0 Å². The summed E-state index contributed by atoms with van der Waals surface area (Å²) in [5, 5.41) is 0. The quantitative estimate of drug-likeness (QED) is 0.457. The Labute approximate surface area is 112 Å². The van der Waals surface area contributed by atoms with Crippen LogP contribution in [0.3, 0.4) is 0 Å². The van der Waals surface area contributed by atoms with Crippen molar-refractivity contribution in [3.63, 3.8) is 0 Å². The van der Waals surface area contributed by atoms with E-state index in [1.54, 1.807) is 0 Å². The molecule has 0 spiro atoms. The van der Waals surface area contributed by atoms with Gasteiger partial charge < -0.3 is 4.90 Å². The lowest BCUT2D eigenvalue weighted by molar-refractivity contribution is 0.111. The molecule has 0 aliphatic heterocycles. The summed E-state index contributed by atoms with van der Waals surface area (Å²) in [5.41, 5.74) is -1.22. The van der Waals surface area contributed by atoms with E-state index >= 15 is 0 Å². The Balaban J connectivity index is 3.29. The molecule has 0 fully saturated rings. The summed E-state index contributed by atoms with van der Waals surface area (Å²) in [6, 6.07) is 0.649. The standard InChI is InChI=1S/C11H10Cl2F3NO/c12-1-3-17(4-2-13)11-8(14)5-7(6-18)9(15)10(11)16/h5-6H,1-4H2. The van der Waals surface area contributed by atoms with Crippen LogP contribution in [0.1, 0.15) is 10.4 Å². The highest BCUT2D eigenvalue weighted by atomic mass is 35.5. The molecule has 0 unspecified atom stereocenters. The topological polar surface area (TPSA) is 20.3 Å². The molecule has 18 heavy (non-hydrogen) atoms. The number of hydrogen-bond donors (Lipinski definition) is 0. The van der Waals surface area contributed by atoms with Crippen LogP contribution < -0.4 is 4.90 Å². The van der Waals surface area contributed by atoms with Crippen LogP contribution in [0.25, 0.3) is 0 Å². The molecular formula is C11H10Cl2F3NO.